The lowest BCUT2D eigenvalue weighted by molar-refractivity contribution is 0.760. The molecule has 0 fully saturated rings. The lowest BCUT2D eigenvalue weighted by Crippen LogP contribution is -1.97. The van der Waals surface area contributed by atoms with Crippen molar-refractivity contribution in [2.24, 2.45) is 11.7 Å². The van der Waals surface area contributed by atoms with Crippen molar-refractivity contribution in [3.05, 3.63) is 11.6 Å². The Kier molecular flexibility index (Phi) is 4.41. The molecule has 0 unspecified atom stereocenters. The summed E-state index contributed by atoms with van der Waals surface area (Å²) in [5.41, 5.74) is 6.78. The largest absolute Gasteiger partial charge is 0.330 e. The highest BCUT2D eigenvalue weighted by atomic mass is 14.5. The van der Waals surface area contributed by atoms with Crippen LogP contribution < -0.4 is 5.73 Å². The van der Waals surface area contributed by atoms with Gasteiger partial charge in [0.1, 0.15) is 0 Å². The second-order valence-electron chi connectivity index (χ2n) is 2.68. The van der Waals surface area contributed by atoms with E-state index in [1.807, 2.05) is 0 Å². The number of nitrogens with two attached hydrogens (primary N) is 1. The van der Waals surface area contributed by atoms with Crippen molar-refractivity contribution in [3.8, 4) is 0 Å². The van der Waals surface area contributed by atoms with Gasteiger partial charge in [0.15, 0.2) is 0 Å². The second kappa shape index (κ2) is 4.57. The molecule has 0 bridgehead atoms. The molecule has 54 valence electrons. The Morgan fingerprint density at radius 2 is 2.11 bits per heavy atom. The Hall–Kier alpha value is -0.300. The fourth-order valence-corrected chi connectivity index (χ4v) is 0.547. The van der Waals surface area contributed by atoms with E-state index in [1.54, 1.807) is 0 Å². The van der Waals surface area contributed by atoms with Gasteiger partial charge in [0.05, 0.1) is 0 Å². The molecule has 9 heavy (non-hydrogen) atoms. The van der Waals surface area contributed by atoms with Crippen LogP contribution in [0.5, 0.6) is 0 Å². The van der Waals surface area contributed by atoms with Crippen molar-refractivity contribution in [3.63, 3.8) is 0 Å². The topological polar surface area (TPSA) is 26.0 Å². The average molecular weight is 127 g/mol. The zero-order valence-corrected chi connectivity index (χ0v) is 6.65. The minimum Gasteiger partial charge on any atom is -0.330 e. The minimum absolute atomic E-state index is 0.677. The van der Waals surface area contributed by atoms with Crippen molar-refractivity contribution < 1.29 is 0 Å². The van der Waals surface area contributed by atoms with Gasteiger partial charge in [-0.3, -0.25) is 0 Å². The molecule has 0 aromatic heterocycles. The van der Waals surface area contributed by atoms with E-state index in [2.05, 4.69) is 26.8 Å². The molecule has 2 N–H and O–H groups in total. The van der Waals surface area contributed by atoms with Gasteiger partial charge in [-0.05, 0) is 25.8 Å². The number of hydrogen-bond acceptors (Lipinski definition) is 1. The lowest BCUT2D eigenvalue weighted by atomic mass is 10.0. The summed E-state index contributed by atoms with van der Waals surface area (Å²) in [4.78, 5) is 0. The fraction of sp³-hybridized carbons (Fsp3) is 0.750. The van der Waals surface area contributed by atoms with Crippen molar-refractivity contribution in [2.45, 2.75) is 27.2 Å². The molecule has 0 aliphatic rings. The highest BCUT2D eigenvalue weighted by Gasteiger charge is 1.92. The van der Waals surface area contributed by atoms with Crippen LogP contribution in [0.4, 0.5) is 0 Å². The molecule has 0 amide bonds. The van der Waals surface area contributed by atoms with Crippen LogP contribution in [-0.4, -0.2) is 6.54 Å². The van der Waals surface area contributed by atoms with E-state index in [-0.39, 0.29) is 0 Å². The molecule has 0 radical (unpaired) electrons. The molecule has 0 aliphatic heterocycles. The van der Waals surface area contributed by atoms with Gasteiger partial charge in [-0.25, -0.2) is 0 Å². The minimum atomic E-state index is 0.677. The van der Waals surface area contributed by atoms with E-state index < -0.39 is 0 Å². The van der Waals surface area contributed by atoms with Crippen LogP contribution >= 0.6 is 0 Å². The van der Waals surface area contributed by atoms with Crippen LogP contribution in [0.15, 0.2) is 11.6 Å². The van der Waals surface area contributed by atoms with Crippen LogP contribution in [0.3, 0.4) is 0 Å². The van der Waals surface area contributed by atoms with Crippen LogP contribution in [0, 0.1) is 5.92 Å². The summed E-state index contributed by atoms with van der Waals surface area (Å²) in [5.74, 6) is 0.677. The molecular weight excluding hydrogens is 110 g/mol. The van der Waals surface area contributed by atoms with Crippen LogP contribution in [0.1, 0.15) is 27.2 Å². The van der Waals surface area contributed by atoms with Crippen LogP contribution in [0.2, 0.25) is 0 Å². The molecule has 0 aromatic carbocycles. The normalized spacial score (nSPS) is 12.8. The summed E-state index contributed by atoms with van der Waals surface area (Å²) >= 11 is 0. The Morgan fingerprint density at radius 3 is 2.44 bits per heavy atom. The van der Waals surface area contributed by atoms with Crippen LogP contribution in [0.25, 0.3) is 0 Å². The summed E-state index contributed by atoms with van der Waals surface area (Å²) in [7, 11) is 0. The molecule has 0 rings (SSSR count). The van der Waals surface area contributed by atoms with E-state index in [1.165, 1.54) is 5.57 Å². The summed E-state index contributed by atoms with van der Waals surface area (Å²) in [5, 5.41) is 0. The van der Waals surface area contributed by atoms with Gasteiger partial charge in [-0.15, -0.1) is 0 Å². The Bertz CT molecular complexity index is 92.7. The van der Waals surface area contributed by atoms with Crippen molar-refractivity contribution in [1.82, 2.24) is 0 Å². The Morgan fingerprint density at radius 1 is 1.56 bits per heavy atom. The molecule has 0 saturated carbocycles. The lowest BCUT2D eigenvalue weighted by Gasteiger charge is -2.02. The monoisotopic (exact) mass is 127 g/mol. The number of hydrogen-bond donors (Lipinski definition) is 1. The summed E-state index contributed by atoms with van der Waals surface area (Å²) < 4.78 is 0. The third kappa shape index (κ3) is 4.22. The van der Waals surface area contributed by atoms with E-state index in [0.29, 0.717) is 5.92 Å². The Balaban J connectivity index is 3.55. The maximum atomic E-state index is 5.33. The fourth-order valence-electron chi connectivity index (χ4n) is 0.547. The van der Waals surface area contributed by atoms with Gasteiger partial charge in [0.2, 0.25) is 0 Å². The number of rotatable bonds is 3. The molecule has 0 atom stereocenters. The quantitative estimate of drug-likeness (QED) is 0.576. The molecule has 0 aliphatic carbocycles. The van der Waals surface area contributed by atoms with Gasteiger partial charge < -0.3 is 5.73 Å². The van der Waals surface area contributed by atoms with Gasteiger partial charge in [0.25, 0.3) is 0 Å². The van der Waals surface area contributed by atoms with E-state index >= 15 is 0 Å². The average Bonchev–Trinajstić information content (AvgIpc) is 1.82. The SMILES string of the molecule is C/C(=C/CCN)C(C)C. The Labute approximate surface area is 57.9 Å². The first kappa shape index (κ1) is 8.70. The maximum absolute atomic E-state index is 5.33. The molecule has 0 saturated heterocycles. The second-order valence-corrected chi connectivity index (χ2v) is 2.68. The van der Waals surface area contributed by atoms with Gasteiger partial charge in [-0.2, -0.15) is 0 Å². The van der Waals surface area contributed by atoms with Crippen molar-refractivity contribution in [2.75, 3.05) is 6.54 Å². The molecule has 1 heteroatoms. The van der Waals surface area contributed by atoms with Gasteiger partial charge >= 0.3 is 0 Å². The first-order valence-corrected chi connectivity index (χ1v) is 3.55. The van der Waals surface area contributed by atoms with E-state index in [4.69, 9.17) is 5.73 Å². The highest BCUT2D eigenvalue weighted by molar-refractivity contribution is 5.00. The standard InChI is InChI=1S/C8H17N/c1-7(2)8(3)5-4-6-9/h5,7H,4,6,9H2,1-3H3/b8-5-. The first-order chi connectivity index (χ1) is 4.18. The van der Waals surface area contributed by atoms with Gasteiger partial charge in [-0.1, -0.05) is 25.5 Å². The first-order valence-electron chi connectivity index (χ1n) is 3.55. The zero-order chi connectivity index (χ0) is 7.28. The van der Waals surface area contributed by atoms with E-state index in [9.17, 15) is 0 Å². The summed E-state index contributed by atoms with van der Waals surface area (Å²) in [6.07, 6.45) is 3.23. The molecule has 1 nitrogen and oxygen atoms in total. The van der Waals surface area contributed by atoms with E-state index in [0.717, 1.165) is 13.0 Å². The summed E-state index contributed by atoms with van der Waals surface area (Å²) in [6, 6.07) is 0. The molecular formula is C8H17N. The van der Waals surface area contributed by atoms with Crippen molar-refractivity contribution in [1.29, 1.82) is 0 Å². The smallest absolute Gasteiger partial charge is 0.00425 e. The predicted molar refractivity (Wildman–Crippen MR) is 42.3 cm³/mol. The summed E-state index contributed by atoms with van der Waals surface area (Å²) in [6.45, 7) is 7.31. The third-order valence-corrected chi connectivity index (χ3v) is 1.54. The number of allylic oxidation sites excluding steroid dienone is 1. The zero-order valence-electron chi connectivity index (χ0n) is 6.65. The van der Waals surface area contributed by atoms with Crippen molar-refractivity contribution >= 4 is 0 Å². The van der Waals surface area contributed by atoms with Crippen LogP contribution in [-0.2, 0) is 0 Å². The molecule has 0 heterocycles. The maximum Gasteiger partial charge on any atom is -0.00425 e. The predicted octanol–water partition coefficient (Wildman–Crippen LogP) is 1.94. The molecule has 0 aromatic rings. The highest BCUT2D eigenvalue weighted by Crippen LogP contribution is 2.07. The molecule has 0 spiro atoms. The van der Waals surface area contributed by atoms with Gasteiger partial charge in [0, 0.05) is 0 Å². The third-order valence-electron chi connectivity index (χ3n) is 1.54.